The molecule has 0 atom stereocenters. The van der Waals surface area contributed by atoms with Crippen molar-refractivity contribution in [2.45, 2.75) is 25.7 Å². The number of carbonyl (C=O) groups excluding carboxylic acids is 1. The van der Waals surface area contributed by atoms with Crippen LogP contribution in [0.2, 0.25) is 0 Å². The summed E-state index contributed by atoms with van der Waals surface area (Å²) >= 11 is 0. The van der Waals surface area contributed by atoms with Gasteiger partial charge in [-0.3, -0.25) is 4.79 Å². The van der Waals surface area contributed by atoms with E-state index in [-0.39, 0.29) is 18.3 Å². The lowest BCUT2D eigenvalue weighted by molar-refractivity contribution is 0.0495. The van der Waals surface area contributed by atoms with Crippen molar-refractivity contribution in [1.29, 1.82) is 0 Å². The highest BCUT2D eigenvalue weighted by Gasteiger charge is 2.36. The molecule has 2 fully saturated rings. The third kappa shape index (κ3) is 2.95. The largest absolute Gasteiger partial charge is 0.472 e. The number of hydrogen-bond donors (Lipinski definition) is 1. The highest BCUT2D eigenvalue weighted by atomic mass is 35.5. The molecule has 1 N–H and O–H groups in total. The number of hydrogen-bond acceptors (Lipinski definition) is 3. The van der Waals surface area contributed by atoms with Crippen LogP contribution in [0, 0.1) is 5.41 Å². The molecule has 1 aromatic heterocycles. The predicted molar refractivity (Wildman–Crippen MR) is 75.6 cm³/mol. The van der Waals surface area contributed by atoms with Gasteiger partial charge in [-0.15, -0.1) is 12.4 Å². The van der Waals surface area contributed by atoms with Gasteiger partial charge in [-0.05, 0) is 50.3 Å². The van der Waals surface area contributed by atoms with E-state index in [0.717, 1.165) is 39.0 Å². The number of piperidine rings is 2. The monoisotopic (exact) mass is 284 g/mol. The molecule has 3 heterocycles. The lowest BCUT2D eigenvalue weighted by Gasteiger charge is -2.44. The molecule has 1 amide bonds. The summed E-state index contributed by atoms with van der Waals surface area (Å²) in [5, 5.41) is 3.42. The van der Waals surface area contributed by atoms with Gasteiger partial charge >= 0.3 is 0 Å². The van der Waals surface area contributed by atoms with E-state index in [2.05, 4.69) is 5.32 Å². The maximum Gasteiger partial charge on any atom is 0.257 e. The quantitative estimate of drug-likeness (QED) is 0.861. The second-order valence-corrected chi connectivity index (χ2v) is 5.55. The van der Waals surface area contributed by atoms with E-state index in [0.29, 0.717) is 11.0 Å². The lowest BCUT2D eigenvalue weighted by atomic mass is 9.71. The normalized spacial score (nSPS) is 22.0. The Morgan fingerprint density at radius 3 is 2.47 bits per heavy atom. The van der Waals surface area contributed by atoms with Crippen molar-refractivity contribution >= 4 is 18.3 Å². The number of carbonyl (C=O) groups is 1. The average Bonchev–Trinajstić information content (AvgIpc) is 2.94. The number of likely N-dealkylation sites (tertiary alicyclic amines) is 1. The van der Waals surface area contributed by atoms with Crippen LogP contribution in [0.4, 0.5) is 0 Å². The Bertz CT molecular complexity index is 403. The molecule has 19 heavy (non-hydrogen) atoms. The number of rotatable bonds is 1. The average molecular weight is 285 g/mol. The number of amides is 1. The number of halogens is 1. The summed E-state index contributed by atoms with van der Waals surface area (Å²) in [6.45, 7) is 4.05. The topological polar surface area (TPSA) is 45.5 Å². The van der Waals surface area contributed by atoms with E-state index in [1.54, 1.807) is 12.3 Å². The highest BCUT2D eigenvalue weighted by molar-refractivity contribution is 5.93. The molecule has 0 aliphatic carbocycles. The van der Waals surface area contributed by atoms with Gasteiger partial charge in [0, 0.05) is 13.1 Å². The lowest BCUT2D eigenvalue weighted by Crippen LogP contribution is -2.47. The molecule has 3 rings (SSSR count). The Morgan fingerprint density at radius 1 is 1.21 bits per heavy atom. The van der Waals surface area contributed by atoms with Crippen molar-refractivity contribution in [3.05, 3.63) is 24.2 Å². The Balaban J connectivity index is 0.00000133. The third-order valence-electron chi connectivity index (χ3n) is 4.54. The molecule has 0 bridgehead atoms. The van der Waals surface area contributed by atoms with Gasteiger partial charge in [0.2, 0.25) is 0 Å². The van der Waals surface area contributed by atoms with Gasteiger partial charge in [0.15, 0.2) is 0 Å². The second-order valence-electron chi connectivity index (χ2n) is 5.55. The SMILES string of the molecule is Cl.O=C(c1ccoc1)N1CCC2(CCNCC2)CC1. The molecule has 2 aliphatic heterocycles. The Hall–Kier alpha value is -1.00. The van der Waals surface area contributed by atoms with Gasteiger partial charge < -0.3 is 14.6 Å². The van der Waals surface area contributed by atoms with Crippen LogP contribution in [0.3, 0.4) is 0 Å². The van der Waals surface area contributed by atoms with E-state index in [9.17, 15) is 4.79 Å². The van der Waals surface area contributed by atoms with Crippen molar-refractivity contribution in [2.24, 2.45) is 5.41 Å². The van der Waals surface area contributed by atoms with Crippen LogP contribution in [-0.2, 0) is 0 Å². The Kier molecular flexibility index (Phi) is 4.53. The molecule has 106 valence electrons. The molecular formula is C14H21ClN2O2. The van der Waals surface area contributed by atoms with Crippen molar-refractivity contribution in [1.82, 2.24) is 10.2 Å². The minimum Gasteiger partial charge on any atom is -0.472 e. The first-order valence-electron chi connectivity index (χ1n) is 6.81. The molecule has 2 aliphatic rings. The maximum absolute atomic E-state index is 12.2. The van der Waals surface area contributed by atoms with Gasteiger partial charge in [-0.1, -0.05) is 0 Å². The summed E-state index contributed by atoms with van der Waals surface area (Å²) in [7, 11) is 0. The zero-order valence-corrected chi connectivity index (χ0v) is 11.9. The number of nitrogens with zero attached hydrogens (tertiary/aromatic N) is 1. The fourth-order valence-electron chi connectivity index (χ4n) is 3.21. The first-order valence-corrected chi connectivity index (χ1v) is 6.81. The predicted octanol–water partition coefficient (Wildman–Crippen LogP) is 2.31. The van der Waals surface area contributed by atoms with E-state index in [1.165, 1.54) is 19.1 Å². The molecule has 5 heteroatoms. The first kappa shape index (κ1) is 14.4. The number of furan rings is 1. The van der Waals surface area contributed by atoms with Crippen molar-refractivity contribution in [3.8, 4) is 0 Å². The van der Waals surface area contributed by atoms with E-state index in [1.807, 2.05) is 4.90 Å². The Labute approximate surface area is 119 Å². The van der Waals surface area contributed by atoms with Crippen LogP contribution >= 0.6 is 12.4 Å². The van der Waals surface area contributed by atoms with Crippen molar-refractivity contribution in [3.63, 3.8) is 0 Å². The maximum atomic E-state index is 12.2. The van der Waals surface area contributed by atoms with Gasteiger partial charge in [-0.2, -0.15) is 0 Å². The van der Waals surface area contributed by atoms with Crippen molar-refractivity contribution < 1.29 is 9.21 Å². The standard InChI is InChI=1S/C14H20N2O2.ClH/c17-13(12-1-10-18-11-12)16-8-4-14(5-9-16)2-6-15-7-3-14;/h1,10-11,15H,2-9H2;1H. The summed E-state index contributed by atoms with van der Waals surface area (Å²) < 4.78 is 4.98. The fourth-order valence-corrected chi connectivity index (χ4v) is 3.21. The van der Waals surface area contributed by atoms with Gasteiger partial charge in [0.05, 0.1) is 11.8 Å². The summed E-state index contributed by atoms with van der Waals surface area (Å²) in [6, 6.07) is 1.75. The van der Waals surface area contributed by atoms with Crippen LogP contribution in [0.15, 0.2) is 23.0 Å². The number of nitrogens with one attached hydrogen (secondary N) is 1. The summed E-state index contributed by atoms with van der Waals surface area (Å²) in [6.07, 6.45) is 7.93. The molecule has 1 aromatic rings. The summed E-state index contributed by atoms with van der Waals surface area (Å²) in [5.74, 6) is 0.118. The van der Waals surface area contributed by atoms with Crippen LogP contribution in [-0.4, -0.2) is 37.0 Å². The molecular weight excluding hydrogens is 264 g/mol. The van der Waals surface area contributed by atoms with E-state index >= 15 is 0 Å². The zero-order chi connectivity index (χ0) is 12.4. The highest BCUT2D eigenvalue weighted by Crippen LogP contribution is 2.39. The van der Waals surface area contributed by atoms with Crippen LogP contribution in [0.25, 0.3) is 0 Å². The molecule has 0 saturated carbocycles. The minimum absolute atomic E-state index is 0. The van der Waals surface area contributed by atoms with Crippen LogP contribution < -0.4 is 5.32 Å². The van der Waals surface area contributed by atoms with Crippen LogP contribution in [0.5, 0.6) is 0 Å². The molecule has 0 aromatic carbocycles. The van der Waals surface area contributed by atoms with Crippen molar-refractivity contribution in [2.75, 3.05) is 26.2 Å². The molecule has 2 saturated heterocycles. The van der Waals surface area contributed by atoms with E-state index in [4.69, 9.17) is 4.42 Å². The first-order chi connectivity index (χ1) is 8.79. The molecule has 4 nitrogen and oxygen atoms in total. The fraction of sp³-hybridized carbons (Fsp3) is 0.643. The summed E-state index contributed by atoms with van der Waals surface area (Å²) in [5.41, 5.74) is 1.18. The minimum atomic E-state index is 0. The van der Waals surface area contributed by atoms with Gasteiger partial charge in [0.25, 0.3) is 5.91 Å². The van der Waals surface area contributed by atoms with E-state index < -0.39 is 0 Å². The smallest absolute Gasteiger partial charge is 0.257 e. The molecule has 0 unspecified atom stereocenters. The zero-order valence-electron chi connectivity index (χ0n) is 11.1. The van der Waals surface area contributed by atoms with Crippen LogP contribution in [0.1, 0.15) is 36.0 Å². The van der Waals surface area contributed by atoms with Gasteiger partial charge in [-0.25, -0.2) is 0 Å². The van der Waals surface area contributed by atoms with Gasteiger partial charge in [0.1, 0.15) is 6.26 Å². The summed E-state index contributed by atoms with van der Waals surface area (Å²) in [4.78, 5) is 14.2. The second kappa shape index (κ2) is 5.97. The molecule has 1 spiro atoms. The third-order valence-corrected chi connectivity index (χ3v) is 4.54. The molecule has 0 radical (unpaired) electrons. The Morgan fingerprint density at radius 2 is 1.89 bits per heavy atom.